The molecule has 0 spiro atoms. The zero-order chi connectivity index (χ0) is 13.3. The van der Waals surface area contributed by atoms with Gasteiger partial charge in [0.2, 0.25) is 5.89 Å². The number of aromatic nitrogens is 2. The molecular weight excluding hydrogens is 265 g/mol. The van der Waals surface area contributed by atoms with E-state index in [-0.39, 0.29) is 5.82 Å². The van der Waals surface area contributed by atoms with Crippen LogP contribution in [-0.2, 0) is 11.3 Å². The van der Waals surface area contributed by atoms with Gasteiger partial charge >= 0.3 is 0 Å². The molecule has 1 aromatic carbocycles. The molecule has 0 radical (unpaired) electrons. The summed E-state index contributed by atoms with van der Waals surface area (Å²) in [6.07, 6.45) is 2.89. The van der Waals surface area contributed by atoms with Crippen LogP contribution >= 0.6 is 11.8 Å². The van der Waals surface area contributed by atoms with Crippen LogP contribution in [0, 0.1) is 5.82 Å². The van der Waals surface area contributed by atoms with Crippen LogP contribution in [0.4, 0.5) is 4.39 Å². The van der Waals surface area contributed by atoms with E-state index in [0.29, 0.717) is 17.5 Å². The lowest BCUT2D eigenvalue weighted by atomic mass is 9.78. The van der Waals surface area contributed by atoms with E-state index in [0.717, 1.165) is 24.2 Å². The molecule has 1 heterocycles. The zero-order valence-electron chi connectivity index (χ0n) is 10.3. The van der Waals surface area contributed by atoms with Crippen molar-refractivity contribution >= 4 is 11.8 Å². The van der Waals surface area contributed by atoms with Gasteiger partial charge in [-0.3, -0.25) is 0 Å². The number of hydrogen-bond donors (Lipinski definition) is 1. The van der Waals surface area contributed by atoms with Crippen molar-refractivity contribution in [2.45, 2.75) is 35.4 Å². The van der Waals surface area contributed by atoms with Gasteiger partial charge in [0.1, 0.15) is 5.82 Å². The Balaban J connectivity index is 1.64. The van der Waals surface area contributed by atoms with Gasteiger partial charge in [-0.25, -0.2) is 4.39 Å². The predicted octanol–water partition coefficient (Wildman–Crippen LogP) is 2.84. The van der Waals surface area contributed by atoms with Crippen LogP contribution in [0.5, 0.6) is 0 Å². The van der Waals surface area contributed by atoms with E-state index in [1.54, 1.807) is 6.07 Å². The number of hydrogen-bond acceptors (Lipinski definition) is 5. The highest BCUT2D eigenvalue weighted by molar-refractivity contribution is 7.98. The topological polar surface area (TPSA) is 64.9 Å². The summed E-state index contributed by atoms with van der Waals surface area (Å²) in [4.78, 5) is 5.17. The average molecular weight is 279 g/mol. The summed E-state index contributed by atoms with van der Waals surface area (Å²) in [5.41, 5.74) is 5.69. The van der Waals surface area contributed by atoms with E-state index in [4.69, 9.17) is 10.3 Å². The van der Waals surface area contributed by atoms with Crippen molar-refractivity contribution in [2.24, 2.45) is 5.73 Å². The zero-order valence-corrected chi connectivity index (χ0v) is 11.1. The van der Waals surface area contributed by atoms with Crippen LogP contribution in [-0.4, -0.2) is 10.1 Å². The lowest BCUT2D eigenvalue weighted by Crippen LogP contribution is -2.43. The molecule has 1 fully saturated rings. The Morgan fingerprint density at radius 2 is 2.26 bits per heavy atom. The number of rotatable bonds is 4. The van der Waals surface area contributed by atoms with E-state index in [9.17, 15) is 4.39 Å². The second kappa shape index (κ2) is 4.94. The largest absolute Gasteiger partial charge is 0.337 e. The second-order valence-electron chi connectivity index (χ2n) is 4.77. The summed E-state index contributed by atoms with van der Waals surface area (Å²) < 4.78 is 18.2. The van der Waals surface area contributed by atoms with Crippen LogP contribution in [0.1, 0.15) is 31.0 Å². The van der Waals surface area contributed by atoms with Gasteiger partial charge < -0.3 is 10.3 Å². The molecule has 3 rings (SSSR count). The summed E-state index contributed by atoms with van der Waals surface area (Å²) in [5.74, 6) is 1.42. The first-order valence-corrected chi connectivity index (χ1v) is 7.15. The normalized spacial score (nSPS) is 17.2. The van der Waals surface area contributed by atoms with Crippen molar-refractivity contribution in [1.82, 2.24) is 10.1 Å². The Morgan fingerprint density at radius 1 is 1.42 bits per heavy atom. The predicted molar refractivity (Wildman–Crippen MR) is 70.0 cm³/mol. The molecule has 0 amide bonds. The fraction of sp³-hybridized carbons (Fsp3) is 0.385. The van der Waals surface area contributed by atoms with Gasteiger partial charge in [-0.2, -0.15) is 4.98 Å². The van der Waals surface area contributed by atoms with Crippen LogP contribution in [0.25, 0.3) is 0 Å². The Bertz CT molecular complexity index is 583. The average Bonchev–Trinajstić information content (AvgIpc) is 2.83. The molecule has 0 atom stereocenters. The molecule has 2 N–H and O–H groups in total. The summed E-state index contributed by atoms with van der Waals surface area (Å²) >= 11 is 1.47. The third-order valence-corrected chi connectivity index (χ3v) is 4.29. The highest BCUT2D eigenvalue weighted by Gasteiger charge is 2.39. The van der Waals surface area contributed by atoms with E-state index in [2.05, 4.69) is 10.1 Å². The van der Waals surface area contributed by atoms with Gasteiger partial charge in [0, 0.05) is 4.90 Å². The van der Waals surface area contributed by atoms with Crippen LogP contribution in [0.2, 0.25) is 0 Å². The van der Waals surface area contributed by atoms with Crippen LogP contribution < -0.4 is 5.73 Å². The minimum atomic E-state index is -0.422. The first kappa shape index (κ1) is 12.6. The molecule has 6 heteroatoms. The minimum absolute atomic E-state index is 0.241. The molecule has 4 nitrogen and oxygen atoms in total. The lowest BCUT2D eigenvalue weighted by Gasteiger charge is -2.33. The van der Waals surface area contributed by atoms with Gasteiger partial charge in [0.15, 0.2) is 5.82 Å². The third kappa shape index (κ3) is 2.64. The standard InChI is InChI=1S/C13H14FN3OS/c14-9-3-1-4-10(7-9)19-8-11-16-12(18-17-11)13(15)5-2-6-13/h1,3-4,7H,2,5-6,8,15H2. The van der Waals surface area contributed by atoms with E-state index >= 15 is 0 Å². The highest BCUT2D eigenvalue weighted by atomic mass is 32.2. The fourth-order valence-electron chi connectivity index (χ4n) is 1.99. The molecule has 1 saturated carbocycles. The molecular formula is C13H14FN3OS. The summed E-state index contributed by atoms with van der Waals surface area (Å²) in [6, 6.07) is 6.45. The maximum absolute atomic E-state index is 13.0. The first-order valence-electron chi connectivity index (χ1n) is 6.16. The summed E-state index contributed by atoms with van der Waals surface area (Å²) in [7, 11) is 0. The molecule has 0 bridgehead atoms. The molecule has 100 valence electrons. The van der Waals surface area contributed by atoms with Gasteiger partial charge in [0.05, 0.1) is 11.3 Å². The van der Waals surface area contributed by atoms with E-state index in [1.165, 1.54) is 23.9 Å². The van der Waals surface area contributed by atoms with Crippen molar-refractivity contribution in [3.8, 4) is 0 Å². The molecule has 0 unspecified atom stereocenters. The van der Waals surface area contributed by atoms with Crippen LogP contribution in [0.3, 0.4) is 0 Å². The number of halogens is 1. The molecule has 2 aromatic rings. The Labute approximate surface area is 114 Å². The monoisotopic (exact) mass is 279 g/mol. The van der Waals surface area contributed by atoms with E-state index < -0.39 is 5.54 Å². The lowest BCUT2D eigenvalue weighted by molar-refractivity contribution is 0.181. The molecule has 0 aliphatic heterocycles. The smallest absolute Gasteiger partial charge is 0.246 e. The number of nitrogens with two attached hydrogens (primary N) is 1. The first-order chi connectivity index (χ1) is 9.16. The summed E-state index contributed by atoms with van der Waals surface area (Å²) in [5, 5.41) is 3.92. The number of benzene rings is 1. The van der Waals surface area contributed by atoms with Crippen molar-refractivity contribution in [1.29, 1.82) is 0 Å². The number of thioether (sulfide) groups is 1. The fourth-order valence-corrected chi connectivity index (χ4v) is 2.77. The molecule has 1 aliphatic rings. The maximum atomic E-state index is 13.0. The SMILES string of the molecule is NC1(c2nc(CSc3cccc(F)c3)no2)CCC1. The summed E-state index contributed by atoms with van der Waals surface area (Å²) in [6.45, 7) is 0. The van der Waals surface area contributed by atoms with Crippen molar-refractivity contribution < 1.29 is 8.91 Å². The Hall–Kier alpha value is -1.40. The Morgan fingerprint density at radius 3 is 2.95 bits per heavy atom. The molecule has 0 saturated heterocycles. The van der Waals surface area contributed by atoms with Gasteiger partial charge in [-0.15, -0.1) is 11.8 Å². The van der Waals surface area contributed by atoms with Gasteiger partial charge in [-0.05, 0) is 37.5 Å². The number of nitrogens with zero attached hydrogens (tertiary/aromatic N) is 2. The van der Waals surface area contributed by atoms with Crippen molar-refractivity contribution in [3.05, 3.63) is 41.8 Å². The van der Waals surface area contributed by atoms with Gasteiger partial charge in [0.25, 0.3) is 0 Å². The molecule has 19 heavy (non-hydrogen) atoms. The third-order valence-electron chi connectivity index (χ3n) is 3.30. The second-order valence-corrected chi connectivity index (χ2v) is 5.82. The van der Waals surface area contributed by atoms with Gasteiger partial charge in [-0.1, -0.05) is 11.2 Å². The van der Waals surface area contributed by atoms with Crippen molar-refractivity contribution in [2.75, 3.05) is 0 Å². The molecule has 1 aliphatic carbocycles. The van der Waals surface area contributed by atoms with Crippen LogP contribution in [0.15, 0.2) is 33.7 Å². The quantitative estimate of drug-likeness (QED) is 0.872. The molecule has 1 aromatic heterocycles. The maximum Gasteiger partial charge on any atom is 0.246 e. The Kier molecular flexibility index (Phi) is 3.28. The van der Waals surface area contributed by atoms with E-state index in [1.807, 2.05) is 6.07 Å². The highest BCUT2D eigenvalue weighted by Crippen LogP contribution is 2.37. The van der Waals surface area contributed by atoms with Crippen molar-refractivity contribution in [3.63, 3.8) is 0 Å². The minimum Gasteiger partial charge on any atom is -0.337 e.